The zero-order valence-electron chi connectivity index (χ0n) is 4.96. The summed E-state index contributed by atoms with van der Waals surface area (Å²) < 4.78 is 0. The molecule has 0 aliphatic carbocycles. The van der Waals surface area contributed by atoms with Gasteiger partial charge in [-0.05, 0) is 13.1 Å². The van der Waals surface area contributed by atoms with Crippen LogP contribution in [0.15, 0.2) is 12.7 Å². The molecule has 0 heterocycles. The van der Waals surface area contributed by atoms with Crippen molar-refractivity contribution in [3.05, 3.63) is 12.7 Å². The summed E-state index contributed by atoms with van der Waals surface area (Å²) in [6.45, 7) is 5.25. The Morgan fingerprint density at radius 3 is 1.56 bits per heavy atom. The van der Waals surface area contributed by atoms with Gasteiger partial charge >= 0.3 is 17.4 Å². The standard InChI is InChI=1S/C3H6.CH2O3.Al.ClH/c1-3-2;2-1(3)4;;/h3H,1H2,2H3;(H2,2,3,4);;1H/q;;+3;/p-3. The Labute approximate surface area is 70.9 Å². The van der Waals surface area contributed by atoms with Crippen LogP contribution in [-0.2, 0) is 0 Å². The first-order chi connectivity index (χ1) is 3.15. The summed E-state index contributed by atoms with van der Waals surface area (Å²) in [6, 6.07) is 0. The predicted molar refractivity (Wildman–Crippen MR) is 27.0 cm³/mol. The van der Waals surface area contributed by atoms with Crippen LogP contribution in [-0.4, -0.2) is 23.5 Å². The first-order valence-electron chi connectivity index (χ1n) is 1.60. The molecule has 9 heavy (non-hydrogen) atoms. The Balaban J connectivity index is -0.0000000233. The minimum Gasteiger partial charge on any atom is -1.00 e. The molecule has 0 N–H and O–H groups in total. The van der Waals surface area contributed by atoms with Crippen LogP contribution in [0.5, 0.6) is 0 Å². The summed E-state index contributed by atoms with van der Waals surface area (Å²) in [6.07, 6.45) is -0.583. The maximum atomic E-state index is 8.33. The molecule has 0 fully saturated rings. The van der Waals surface area contributed by atoms with Crippen molar-refractivity contribution in [2.24, 2.45) is 0 Å². The molecule has 0 unspecified atom stereocenters. The van der Waals surface area contributed by atoms with Gasteiger partial charge in [-0.1, -0.05) is 6.08 Å². The van der Waals surface area contributed by atoms with Gasteiger partial charge in [0.1, 0.15) is 0 Å². The van der Waals surface area contributed by atoms with Gasteiger partial charge in [0.2, 0.25) is 0 Å². The third-order valence-corrected chi connectivity index (χ3v) is 0. The molecule has 0 aromatic carbocycles. The van der Waals surface area contributed by atoms with E-state index in [4.69, 9.17) is 15.0 Å². The summed E-state index contributed by atoms with van der Waals surface area (Å²) >= 11 is 0. The number of hydrogen-bond donors (Lipinski definition) is 0. The molecule has 0 radical (unpaired) electrons. The van der Waals surface area contributed by atoms with Crippen molar-refractivity contribution >= 4 is 23.5 Å². The largest absolute Gasteiger partial charge is 3.00 e. The van der Waals surface area contributed by atoms with E-state index in [9.17, 15) is 0 Å². The van der Waals surface area contributed by atoms with Crippen molar-refractivity contribution in [3.63, 3.8) is 0 Å². The summed E-state index contributed by atoms with van der Waals surface area (Å²) in [5.74, 6) is 0. The zero-order chi connectivity index (χ0) is 6.28. The van der Waals surface area contributed by atoms with Gasteiger partial charge in [-0.15, -0.1) is 6.58 Å². The maximum absolute atomic E-state index is 8.33. The number of hydrogen-bond acceptors (Lipinski definition) is 3. The number of carbonyl (C=O) groups excluding carboxylic acids is 1. The molecule has 0 amide bonds. The van der Waals surface area contributed by atoms with E-state index < -0.39 is 6.16 Å². The van der Waals surface area contributed by atoms with E-state index in [1.165, 1.54) is 0 Å². The van der Waals surface area contributed by atoms with Crippen molar-refractivity contribution < 1.29 is 27.4 Å². The summed E-state index contributed by atoms with van der Waals surface area (Å²) in [7, 11) is 0. The van der Waals surface area contributed by atoms with E-state index in [0.717, 1.165) is 0 Å². The van der Waals surface area contributed by atoms with Crippen molar-refractivity contribution in [2.45, 2.75) is 6.92 Å². The SMILES string of the molecule is C=CC.O=C([O-])[O-].[Al+3].[Cl-]. The predicted octanol–water partition coefficient (Wildman–Crippen LogP) is -4.63. The van der Waals surface area contributed by atoms with E-state index in [0.29, 0.717) is 0 Å². The van der Waals surface area contributed by atoms with Gasteiger partial charge in [-0.2, -0.15) is 0 Å². The molecular weight excluding hydrogens is 158 g/mol. The molecule has 0 aliphatic heterocycles. The van der Waals surface area contributed by atoms with Crippen LogP contribution in [0.1, 0.15) is 6.92 Å². The quantitative estimate of drug-likeness (QED) is 0.267. The normalized spacial score (nSPS) is 4.11. The second kappa shape index (κ2) is 24.9. The summed E-state index contributed by atoms with van der Waals surface area (Å²) in [5, 5.41) is 16.7. The Kier molecular flexibility index (Phi) is 64.2. The van der Waals surface area contributed by atoms with Crippen LogP contribution in [0.2, 0.25) is 0 Å². The van der Waals surface area contributed by atoms with E-state index in [1.807, 2.05) is 6.92 Å². The van der Waals surface area contributed by atoms with Crippen LogP contribution < -0.4 is 22.6 Å². The molecule has 0 aromatic rings. The third kappa shape index (κ3) is 9490. The maximum Gasteiger partial charge on any atom is 3.00 e. The average Bonchev–Trinajstić information content (AvgIpc) is 1.33. The zero-order valence-corrected chi connectivity index (χ0v) is 6.88. The Hall–Kier alpha value is -0.168. The van der Waals surface area contributed by atoms with E-state index >= 15 is 0 Å². The summed E-state index contributed by atoms with van der Waals surface area (Å²) in [5.41, 5.74) is 0. The molecule has 5 heteroatoms. The van der Waals surface area contributed by atoms with Crippen molar-refractivity contribution in [1.82, 2.24) is 0 Å². The Bertz CT molecular complexity index is 62.8. The fraction of sp³-hybridized carbons (Fsp3) is 0.250. The number of halogens is 1. The molecule has 0 saturated heterocycles. The molecular formula is C4H6AlClO3. The third-order valence-electron chi connectivity index (χ3n) is 0. The number of carbonyl (C=O) groups is 1. The minimum atomic E-state index is -2.33. The van der Waals surface area contributed by atoms with Crippen LogP contribution in [0.25, 0.3) is 0 Å². The van der Waals surface area contributed by atoms with Crippen molar-refractivity contribution in [3.8, 4) is 0 Å². The molecule has 0 atom stereocenters. The smallest absolute Gasteiger partial charge is 1.00 e. The molecule has 0 aliphatic rings. The molecule has 3 nitrogen and oxygen atoms in total. The number of carboxylic acid groups (broad SMARTS) is 2. The van der Waals surface area contributed by atoms with Crippen molar-refractivity contribution in [1.29, 1.82) is 0 Å². The van der Waals surface area contributed by atoms with Crippen LogP contribution >= 0.6 is 0 Å². The Morgan fingerprint density at radius 1 is 1.56 bits per heavy atom. The Morgan fingerprint density at radius 2 is 1.56 bits per heavy atom. The van der Waals surface area contributed by atoms with Gasteiger partial charge in [0.15, 0.2) is 0 Å². The van der Waals surface area contributed by atoms with Gasteiger partial charge in [-0.3, -0.25) is 0 Å². The first-order valence-corrected chi connectivity index (χ1v) is 1.60. The van der Waals surface area contributed by atoms with Gasteiger partial charge in [0.05, 0.1) is 0 Å². The van der Waals surface area contributed by atoms with E-state index in [1.54, 1.807) is 6.08 Å². The van der Waals surface area contributed by atoms with Crippen LogP contribution in [0.3, 0.4) is 0 Å². The fourth-order valence-electron chi connectivity index (χ4n) is 0. The molecule has 0 spiro atoms. The van der Waals surface area contributed by atoms with Crippen molar-refractivity contribution in [2.75, 3.05) is 0 Å². The topological polar surface area (TPSA) is 63.2 Å². The molecule has 50 valence electrons. The minimum absolute atomic E-state index is 0. The molecule has 0 bridgehead atoms. The second-order valence-corrected chi connectivity index (χ2v) is 0.658. The van der Waals surface area contributed by atoms with E-state index in [2.05, 4.69) is 6.58 Å². The van der Waals surface area contributed by atoms with E-state index in [-0.39, 0.29) is 29.8 Å². The van der Waals surface area contributed by atoms with Crippen LogP contribution in [0, 0.1) is 0 Å². The fourth-order valence-corrected chi connectivity index (χ4v) is 0. The first kappa shape index (κ1) is 23.2. The summed E-state index contributed by atoms with van der Waals surface area (Å²) in [4.78, 5) is 8.33. The monoisotopic (exact) mass is 164 g/mol. The average molecular weight is 165 g/mol. The molecule has 0 saturated carbocycles. The van der Waals surface area contributed by atoms with Gasteiger partial charge in [0.25, 0.3) is 0 Å². The van der Waals surface area contributed by atoms with Gasteiger partial charge in [-0.25, -0.2) is 0 Å². The van der Waals surface area contributed by atoms with Crippen LogP contribution in [0.4, 0.5) is 4.79 Å². The van der Waals surface area contributed by atoms with Gasteiger partial charge in [0, 0.05) is 0 Å². The number of rotatable bonds is 0. The second-order valence-electron chi connectivity index (χ2n) is 0.658. The molecule has 0 rings (SSSR count). The molecule has 0 aromatic heterocycles. The number of allylic oxidation sites excluding steroid dienone is 1. The van der Waals surface area contributed by atoms with Gasteiger partial charge < -0.3 is 27.4 Å².